The Bertz CT molecular complexity index is 614. The minimum Gasteiger partial charge on any atom is -0.508 e. The van der Waals surface area contributed by atoms with E-state index in [2.05, 4.69) is 26.2 Å². The first-order valence-electron chi connectivity index (χ1n) is 5.76. The van der Waals surface area contributed by atoms with Crippen molar-refractivity contribution in [3.05, 3.63) is 52.1 Å². The fraction of sp³-hybridized carbons (Fsp3) is 0.143. The standard InChI is InChI=1S/C14H13BrN2O2/c1-9-11(15)6-7-13(16-9)17-14(19)8-10-4-2-3-5-12(10)18/h2-7,18H,8H2,1H3,(H,16,17,19). The van der Waals surface area contributed by atoms with Gasteiger partial charge in [0.15, 0.2) is 0 Å². The van der Waals surface area contributed by atoms with Crippen molar-refractivity contribution in [2.75, 3.05) is 5.32 Å². The molecule has 1 heterocycles. The molecule has 0 saturated carbocycles. The summed E-state index contributed by atoms with van der Waals surface area (Å²) in [5, 5.41) is 12.3. The number of para-hydroxylation sites is 1. The van der Waals surface area contributed by atoms with Gasteiger partial charge in [-0.2, -0.15) is 0 Å². The monoisotopic (exact) mass is 320 g/mol. The number of carbonyl (C=O) groups is 1. The van der Waals surface area contributed by atoms with E-state index in [1.807, 2.05) is 13.0 Å². The van der Waals surface area contributed by atoms with Gasteiger partial charge in [0.05, 0.1) is 12.1 Å². The Kier molecular flexibility index (Phi) is 4.16. The van der Waals surface area contributed by atoms with Gasteiger partial charge in [0.1, 0.15) is 11.6 Å². The highest BCUT2D eigenvalue weighted by atomic mass is 79.9. The number of hydrogen-bond donors (Lipinski definition) is 2. The number of benzene rings is 1. The number of pyridine rings is 1. The third kappa shape index (κ3) is 3.54. The molecule has 0 bridgehead atoms. The van der Waals surface area contributed by atoms with Crippen LogP contribution >= 0.6 is 15.9 Å². The molecule has 2 N–H and O–H groups in total. The molecule has 0 unspecified atom stereocenters. The number of anilines is 1. The zero-order chi connectivity index (χ0) is 13.8. The minimum absolute atomic E-state index is 0.115. The summed E-state index contributed by atoms with van der Waals surface area (Å²) in [6, 6.07) is 10.3. The lowest BCUT2D eigenvalue weighted by Gasteiger charge is -2.07. The van der Waals surface area contributed by atoms with E-state index in [9.17, 15) is 9.90 Å². The maximum Gasteiger partial charge on any atom is 0.230 e. The van der Waals surface area contributed by atoms with Gasteiger partial charge >= 0.3 is 0 Å². The van der Waals surface area contributed by atoms with Gasteiger partial charge < -0.3 is 10.4 Å². The molecule has 0 fully saturated rings. The van der Waals surface area contributed by atoms with Crippen molar-refractivity contribution in [1.29, 1.82) is 0 Å². The number of aromatic nitrogens is 1. The van der Waals surface area contributed by atoms with Gasteiger partial charge in [-0.1, -0.05) is 18.2 Å². The molecule has 0 spiro atoms. The summed E-state index contributed by atoms with van der Waals surface area (Å²) < 4.78 is 0.895. The number of carbonyl (C=O) groups excluding carboxylic acids is 1. The van der Waals surface area contributed by atoms with E-state index in [-0.39, 0.29) is 18.1 Å². The van der Waals surface area contributed by atoms with Crippen molar-refractivity contribution in [2.24, 2.45) is 0 Å². The van der Waals surface area contributed by atoms with Crippen molar-refractivity contribution in [2.45, 2.75) is 13.3 Å². The van der Waals surface area contributed by atoms with Crippen LogP contribution < -0.4 is 5.32 Å². The molecule has 1 aromatic carbocycles. The molecule has 0 aliphatic heterocycles. The van der Waals surface area contributed by atoms with Gasteiger partial charge in [-0.3, -0.25) is 4.79 Å². The number of halogens is 1. The van der Waals surface area contributed by atoms with Crippen molar-refractivity contribution in [1.82, 2.24) is 4.98 Å². The number of phenols is 1. The van der Waals surface area contributed by atoms with Crippen LogP contribution in [-0.4, -0.2) is 16.0 Å². The largest absolute Gasteiger partial charge is 0.508 e. The van der Waals surface area contributed by atoms with Gasteiger partial charge in [0, 0.05) is 10.0 Å². The predicted molar refractivity (Wildman–Crippen MR) is 77.1 cm³/mol. The maximum absolute atomic E-state index is 11.9. The number of hydrogen-bond acceptors (Lipinski definition) is 3. The summed E-state index contributed by atoms with van der Waals surface area (Å²) in [5.41, 5.74) is 1.40. The van der Waals surface area contributed by atoms with Gasteiger partial charge in [0.2, 0.25) is 5.91 Å². The molecule has 1 amide bonds. The fourth-order valence-corrected chi connectivity index (χ4v) is 1.85. The van der Waals surface area contributed by atoms with E-state index in [0.29, 0.717) is 11.4 Å². The summed E-state index contributed by atoms with van der Waals surface area (Å²) in [6.07, 6.45) is 0.115. The molecule has 19 heavy (non-hydrogen) atoms. The third-order valence-electron chi connectivity index (χ3n) is 2.63. The van der Waals surface area contributed by atoms with Crippen molar-refractivity contribution in [3.63, 3.8) is 0 Å². The highest BCUT2D eigenvalue weighted by Gasteiger charge is 2.08. The first-order valence-corrected chi connectivity index (χ1v) is 6.55. The molecule has 0 aliphatic carbocycles. The van der Waals surface area contributed by atoms with E-state index in [1.54, 1.807) is 30.3 Å². The Balaban J connectivity index is 2.05. The Hall–Kier alpha value is -1.88. The maximum atomic E-state index is 11.9. The van der Waals surface area contributed by atoms with E-state index in [4.69, 9.17) is 0 Å². The lowest BCUT2D eigenvalue weighted by Crippen LogP contribution is -2.15. The minimum atomic E-state index is -0.212. The molecule has 1 aromatic heterocycles. The predicted octanol–water partition coefficient (Wildman–Crippen LogP) is 3.04. The Morgan fingerprint density at radius 1 is 1.32 bits per heavy atom. The normalized spacial score (nSPS) is 10.2. The first-order chi connectivity index (χ1) is 9.06. The second kappa shape index (κ2) is 5.84. The van der Waals surface area contributed by atoms with Crippen LogP contribution in [-0.2, 0) is 11.2 Å². The molecular formula is C14H13BrN2O2. The number of aryl methyl sites for hydroxylation is 1. The summed E-state index contributed by atoms with van der Waals surface area (Å²) in [4.78, 5) is 16.1. The smallest absolute Gasteiger partial charge is 0.230 e. The lowest BCUT2D eigenvalue weighted by atomic mass is 10.1. The molecule has 0 saturated heterocycles. The van der Waals surface area contributed by atoms with Crippen molar-refractivity contribution in [3.8, 4) is 5.75 Å². The molecule has 0 atom stereocenters. The van der Waals surface area contributed by atoms with Crippen LogP contribution in [0.3, 0.4) is 0 Å². The molecule has 5 heteroatoms. The summed E-state index contributed by atoms with van der Waals surface area (Å²) in [6.45, 7) is 1.85. The summed E-state index contributed by atoms with van der Waals surface area (Å²) in [7, 11) is 0. The Morgan fingerprint density at radius 2 is 2.05 bits per heavy atom. The van der Waals surface area contributed by atoms with Gasteiger partial charge in [-0.25, -0.2) is 4.98 Å². The van der Waals surface area contributed by atoms with Gasteiger partial charge in [-0.05, 0) is 41.1 Å². The number of phenolic OH excluding ortho intramolecular Hbond substituents is 1. The molecule has 2 rings (SSSR count). The van der Waals surface area contributed by atoms with Crippen LogP contribution in [0.25, 0.3) is 0 Å². The number of aromatic hydroxyl groups is 1. The van der Waals surface area contributed by atoms with E-state index < -0.39 is 0 Å². The van der Waals surface area contributed by atoms with Crippen LogP contribution in [0.5, 0.6) is 5.75 Å². The average molecular weight is 321 g/mol. The van der Waals surface area contributed by atoms with E-state index >= 15 is 0 Å². The Labute approximate surface area is 119 Å². The topological polar surface area (TPSA) is 62.2 Å². The molecule has 0 radical (unpaired) electrons. The van der Waals surface area contributed by atoms with Crippen molar-refractivity contribution >= 4 is 27.7 Å². The zero-order valence-corrected chi connectivity index (χ0v) is 11.9. The number of nitrogens with one attached hydrogen (secondary N) is 1. The number of nitrogens with zero attached hydrogens (tertiary/aromatic N) is 1. The third-order valence-corrected chi connectivity index (χ3v) is 3.47. The molecule has 0 aliphatic rings. The molecular weight excluding hydrogens is 308 g/mol. The fourth-order valence-electron chi connectivity index (χ4n) is 1.63. The lowest BCUT2D eigenvalue weighted by molar-refractivity contribution is -0.115. The molecule has 98 valence electrons. The van der Waals surface area contributed by atoms with Crippen LogP contribution in [0, 0.1) is 6.92 Å². The zero-order valence-electron chi connectivity index (χ0n) is 10.4. The van der Waals surface area contributed by atoms with Crippen LogP contribution in [0.2, 0.25) is 0 Å². The SMILES string of the molecule is Cc1nc(NC(=O)Cc2ccccc2O)ccc1Br. The molecule has 4 nitrogen and oxygen atoms in total. The first kappa shape index (κ1) is 13.5. The number of rotatable bonds is 3. The van der Waals surface area contributed by atoms with Gasteiger partial charge in [0.25, 0.3) is 0 Å². The number of amides is 1. The molecule has 2 aromatic rings. The van der Waals surface area contributed by atoms with Crippen molar-refractivity contribution < 1.29 is 9.90 Å². The Morgan fingerprint density at radius 3 is 2.74 bits per heavy atom. The van der Waals surface area contributed by atoms with E-state index in [1.165, 1.54) is 0 Å². The quantitative estimate of drug-likeness (QED) is 0.913. The van der Waals surface area contributed by atoms with Gasteiger partial charge in [-0.15, -0.1) is 0 Å². The van der Waals surface area contributed by atoms with E-state index in [0.717, 1.165) is 10.2 Å². The van der Waals surface area contributed by atoms with Crippen LogP contribution in [0.4, 0.5) is 5.82 Å². The summed E-state index contributed by atoms with van der Waals surface area (Å²) >= 11 is 3.35. The van der Waals surface area contributed by atoms with Crippen LogP contribution in [0.15, 0.2) is 40.9 Å². The highest BCUT2D eigenvalue weighted by Crippen LogP contribution is 2.18. The summed E-state index contributed by atoms with van der Waals surface area (Å²) in [5.74, 6) is 0.412. The second-order valence-electron chi connectivity index (χ2n) is 4.12. The second-order valence-corrected chi connectivity index (χ2v) is 4.97. The average Bonchev–Trinajstić information content (AvgIpc) is 2.37. The highest BCUT2D eigenvalue weighted by molar-refractivity contribution is 9.10. The van der Waals surface area contributed by atoms with Crippen LogP contribution in [0.1, 0.15) is 11.3 Å².